The van der Waals surface area contributed by atoms with Crippen LogP contribution in [0.1, 0.15) is 25.1 Å². The molecule has 0 fully saturated rings. The average Bonchev–Trinajstić information content (AvgIpc) is 3.24. The first-order valence-electron chi connectivity index (χ1n) is 8.49. The number of hydrogen-bond acceptors (Lipinski definition) is 2. The second-order valence-electron chi connectivity index (χ2n) is 7.15. The number of aromatic nitrogens is 3. The van der Waals surface area contributed by atoms with Crippen LogP contribution in [0.3, 0.4) is 0 Å². The molecule has 5 nitrogen and oxygen atoms in total. The molecule has 2 N–H and O–H groups in total. The van der Waals surface area contributed by atoms with Crippen molar-refractivity contribution in [3.8, 4) is 11.1 Å². The molecule has 1 aromatic carbocycles. The maximum absolute atomic E-state index is 13.5. The molecule has 0 atom stereocenters. The number of carboxylic acids is 1. The van der Waals surface area contributed by atoms with Crippen molar-refractivity contribution in [2.24, 2.45) is 0 Å². The monoisotopic (exact) mass is 387 g/mol. The van der Waals surface area contributed by atoms with Crippen LogP contribution in [0.5, 0.6) is 0 Å². The number of aromatic amines is 1. The Labute approximate surface area is 157 Å². The number of fused-ring (bicyclic) bond motifs is 2. The number of halogens is 3. The van der Waals surface area contributed by atoms with Gasteiger partial charge in [-0.1, -0.05) is 18.2 Å². The third-order valence-corrected chi connectivity index (χ3v) is 4.95. The molecule has 28 heavy (non-hydrogen) atoms. The van der Waals surface area contributed by atoms with Crippen LogP contribution in [0, 0.1) is 0 Å². The third-order valence-electron chi connectivity index (χ3n) is 4.95. The number of pyridine rings is 1. The van der Waals surface area contributed by atoms with Crippen LogP contribution in [0.25, 0.3) is 27.7 Å². The van der Waals surface area contributed by atoms with Crippen LogP contribution in [-0.2, 0) is 16.4 Å². The zero-order chi connectivity index (χ0) is 20.3. The molecule has 0 spiro atoms. The van der Waals surface area contributed by atoms with Gasteiger partial charge in [0.15, 0.2) is 0 Å². The first kappa shape index (κ1) is 18.1. The van der Waals surface area contributed by atoms with Crippen molar-refractivity contribution in [1.82, 2.24) is 14.4 Å². The van der Waals surface area contributed by atoms with Crippen LogP contribution in [0.4, 0.5) is 13.2 Å². The second kappa shape index (κ2) is 5.85. The standard InChI is InChI=1S/C20H16F3N3O2/c1-19(2,18(27)28)16-15(12-5-3-4-6-14(12)25-16)13-9-11(20(21,22)23)10-26-8-7-24-17(13)26/h3-10,25H,1-2H3,(H,27,28). The highest BCUT2D eigenvalue weighted by molar-refractivity contribution is 6.03. The van der Waals surface area contributed by atoms with Crippen molar-refractivity contribution in [2.45, 2.75) is 25.4 Å². The fourth-order valence-corrected chi connectivity index (χ4v) is 3.37. The maximum atomic E-state index is 13.5. The summed E-state index contributed by atoms with van der Waals surface area (Å²) in [5, 5.41) is 10.4. The Balaban J connectivity index is 2.16. The number of nitrogens with one attached hydrogen (secondary N) is 1. The number of imidazole rings is 1. The first-order chi connectivity index (χ1) is 13.1. The molecular weight excluding hydrogens is 371 g/mol. The van der Waals surface area contributed by atoms with E-state index in [1.807, 2.05) is 0 Å². The molecule has 0 saturated heterocycles. The van der Waals surface area contributed by atoms with Gasteiger partial charge in [-0.05, 0) is 26.0 Å². The van der Waals surface area contributed by atoms with Crippen LogP contribution < -0.4 is 0 Å². The summed E-state index contributed by atoms with van der Waals surface area (Å²) in [7, 11) is 0. The number of alkyl halides is 3. The normalized spacial score (nSPS) is 12.8. The molecule has 3 heterocycles. The molecule has 0 amide bonds. The van der Waals surface area contributed by atoms with Crippen LogP contribution in [0.15, 0.2) is 48.9 Å². The molecule has 0 bridgehead atoms. The Morgan fingerprint density at radius 3 is 2.61 bits per heavy atom. The number of benzene rings is 1. The molecule has 0 unspecified atom stereocenters. The molecular formula is C20H16F3N3O2. The van der Waals surface area contributed by atoms with Crippen molar-refractivity contribution in [2.75, 3.05) is 0 Å². The van der Waals surface area contributed by atoms with Crippen LogP contribution in [0.2, 0.25) is 0 Å². The minimum Gasteiger partial charge on any atom is -0.481 e. The lowest BCUT2D eigenvalue weighted by Crippen LogP contribution is -2.29. The Bertz CT molecular complexity index is 1220. The van der Waals surface area contributed by atoms with Gasteiger partial charge in [0.25, 0.3) is 0 Å². The van der Waals surface area contributed by atoms with E-state index in [0.717, 1.165) is 12.3 Å². The van der Waals surface area contributed by atoms with Gasteiger partial charge in [0.1, 0.15) is 11.1 Å². The molecule has 4 aromatic rings. The lowest BCUT2D eigenvalue weighted by atomic mass is 9.84. The first-order valence-corrected chi connectivity index (χ1v) is 8.49. The Kier molecular flexibility index (Phi) is 3.78. The molecule has 0 aliphatic heterocycles. The smallest absolute Gasteiger partial charge is 0.417 e. The van der Waals surface area contributed by atoms with Gasteiger partial charge in [0, 0.05) is 46.3 Å². The summed E-state index contributed by atoms with van der Waals surface area (Å²) in [5.74, 6) is -1.09. The number of aliphatic carboxylic acids is 1. The summed E-state index contributed by atoms with van der Waals surface area (Å²) in [6, 6.07) is 8.07. The minimum absolute atomic E-state index is 0.224. The zero-order valence-electron chi connectivity index (χ0n) is 15.0. The minimum atomic E-state index is -4.55. The lowest BCUT2D eigenvalue weighted by Gasteiger charge is -2.21. The van der Waals surface area contributed by atoms with Crippen molar-refractivity contribution in [3.05, 3.63) is 60.2 Å². The van der Waals surface area contributed by atoms with E-state index in [-0.39, 0.29) is 5.56 Å². The summed E-state index contributed by atoms with van der Waals surface area (Å²) in [5.41, 5.74) is -0.273. The Hall–Kier alpha value is -3.29. The molecule has 4 rings (SSSR count). The SMILES string of the molecule is CC(C)(C(=O)O)c1[nH]c2ccccc2c1-c1cc(C(F)(F)F)cn2ccnc12. The van der Waals surface area contributed by atoms with Crippen LogP contribution >= 0.6 is 0 Å². The summed E-state index contributed by atoms with van der Waals surface area (Å²) >= 11 is 0. The molecule has 0 aliphatic rings. The van der Waals surface area contributed by atoms with E-state index in [0.29, 0.717) is 27.8 Å². The molecule has 3 aromatic heterocycles. The molecule has 8 heteroatoms. The largest absolute Gasteiger partial charge is 0.481 e. The number of hydrogen-bond donors (Lipinski definition) is 2. The van der Waals surface area contributed by atoms with Crippen molar-refractivity contribution in [1.29, 1.82) is 0 Å². The third kappa shape index (κ3) is 2.64. The molecule has 0 radical (unpaired) electrons. The zero-order valence-corrected chi connectivity index (χ0v) is 15.0. The van der Waals surface area contributed by atoms with Crippen LogP contribution in [-0.4, -0.2) is 25.4 Å². The fourth-order valence-electron chi connectivity index (χ4n) is 3.37. The quantitative estimate of drug-likeness (QED) is 0.527. The molecule has 144 valence electrons. The van der Waals surface area contributed by atoms with Gasteiger partial charge in [0.05, 0.1) is 5.56 Å². The fraction of sp³-hybridized carbons (Fsp3) is 0.200. The van der Waals surface area contributed by atoms with E-state index in [2.05, 4.69) is 9.97 Å². The van der Waals surface area contributed by atoms with Gasteiger partial charge in [-0.2, -0.15) is 13.2 Å². The van der Waals surface area contributed by atoms with E-state index in [1.165, 1.54) is 30.6 Å². The number of nitrogens with zero attached hydrogens (tertiary/aromatic N) is 2. The number of para-hydroxylation sites is 1. The highest BCUT2D eigenvalue weighted by atomic mass is 19.4. The molecule has 0 saturated carbocycles. The maximum Gasteiger partial charge on any atom is 0.417 e. The summed E-state index contributed by atoms with van der Waals surface area (Å²) in [6.45, 7) is 3.03. The van der Waals surface area contributed by atoms with E-state index < -0.39 is 23.1 Å². The van der Waals surface area contributed by atoms with Gasteiger partial charge in [0.2, 0.25) is 0 Å². The highest BCUT2D eigenvalue weighted by Crippen LogP contribution is 2.42. The summed E-state index contributed by atoms with van der Waals surface area (Å²) in [6.07, 6.45) is -0.731. The molecule has 0 aliphatic carbocycles. The van der Waals surface area contributed by atoms with E-state index in [9.17, 15) is 23.1 Å². The van der Waals surface area contributed by atoms with Gasteiger partial charge < -0.3 is 14.5 Å². The van der Waals surface area contributed by atoms with Gasteiger partial charge in [-0.15, -0.1) is 0 Å². The Morgan fingerprint density at radius 1 is 1.21 bits per heavy atom. The predicted molar refractivity (Wildman–Crippen MR) is 98.1 cm³/mol. The Morgan fingerprint density at radius 2 is 1.93 bits per heavy atom. The van der Waals surface area contributed by atoms with Gasteiger partial charge >= 0.3 is 12.1 Å². The lowest BCUT2D eigenvalue weighted by molar-refractivity contribution is -0.142. The van der Waals surface area contributed by atoms with E-state index >= 15 is 0 Å². The van der Waals surface area contributed by atoms with Gasteiger partial charge in [-0.25, -0.2) is 4.98 Å². The van der Waals surface area contributed by atoms with Crippen molar-refractivity contribution < 1.29 is 23.1 Å². The predicted octanol–water partition coefficient (Wildman–Crippen LogP) is 4.86. The van der Waals surface area contributed by atoms with Crippen molar-refractivity contribution in [3.63, 3.8) is 0 Å². The van der Waals surface area contributed by atoms with Crippen molar-refractivity contribution >= 4 is 22.5 Å². The number of carboxylic acid groups (broad SMARTS) is 1. The number of rotatable bonds is 3. The summed E-state index contributed by atoms with van der Waals surface area (Å²) < 4.78 is 41.8. The number of carbonyl (C=O) groups is 1. The average molecular weight is 387 g/mol. The highest BCUT2D eigenvalue weighted by Gasteiger charge is 2.37. The topological polar surface area (TPSA) is 70.4 Å². The van der Waals surface area contributed by atoms with Gasteiger partial charge in [-0.3, -0.25) is 4.79 Å². The summed E-state index contributed by atoms with van der Waals surface area (Å²) in [4.78, 5) is 19.2. The second-order valence-corrected chi connectivity index (χ2v) is 7.15. The van der Waals surface area contributed by atoms with E-state index in [1.54, 1.807) is 24.3 Å². The van der Waals surface area contributed by atoms with E-state index in [4.69, 9.17) is 0 Å². The number of H-pyrrole nitrogens is 1.